The topological polar surface area (TPSA) is 88.5 Å². The number of carbonyl (C=O) groups is 2. The zero-order valence-electron chi connectivity index (χ0n) is 13.3. The fraction of sp³-hybridized carbons (Fsp3) is 0.235. The van der Waals surface area contributed by atoms with Gasteiger partial charge in [-0.1, -0.05) is 17.7 Å². The van der Waals surface area contributed by atoms with Crippen molar-refractivity contribution in [3.8, 4) is 16.9 Å². The number of halogens is 1. The van der Waals surface area contributed by atoms with Gasteiger partial charge in [-0.25, -0.2) is 4.79 Å². The van der Waals surface area contributed by atoms with Gasteiger partial charge >= 0.3 is 6.09 Å². The SMILES string of the molecule is COc1c(CCNC(=O)O)cc(Cl)c(C)c1-c1ccc(C=O)nc1. The van der Waals surface area contributed by atoms with Gasteiger partial charge in [0.25, 0.3) is 0 Å². The number of rotatable bonds is 6. The fourth-order valence-electron chi connectivity index (χ4n) is 2.47. The van der Waals surface area contributed by atoms with Crippen LogP contribution in [0.15, 0.2) is 24.4 Å². The number of hydrogen-bond acceptors (Lipinski definition) is 4. The number of pyridine rings is 1. The summed E-state index contributed by atoms with van der Waals surface area (Å²) in [6.07, 6.45) is 1.61. The zero-order chi connectivity index (χ0) is 17.7. The third-order valence-electron chi connectivity index (χ3n) is 3.62. The maximum atomic E-state index is 10.8. The number of nitrogens with zero attached hydrogens (tertiary/aromatic N) is 1. The van der Waals surface area contributed by atoms with Gasteiger partial charge in [0, 0.05) is 28.9 Å². The van der Waals surface area contributed by atoms with Crippen molar-refractivity contribution in [1.82, 2.24) is 10.3 Å². The average molecular weight is 349 g/mol. The van der Waals surface area contributed by atoms with Gasteiger partial charge in [-0.05, 0) is 36.6 Å². The molecule has 0 spiro atoms. The lowest BCUT2D eigenvalue weighted by atomic mass is 9.96. The first-order valence-corrected chi connectivity index (χ1v) is 7.60. The summed E-state index contributed by atoms with van der Waals surface area (Å²) in [5, 5.41) is 11.6. The second-order valence-electron chi connectivity index (χ2n) is 5.12. The molecular formula is C17H17ClN2O4. The standard InChI is InChI=1S/C17H17ClN2O4/c1-10-14(18)7-11(5-6-19-17(22)23)16(24-2)15(10)12-3-4-13(9-21)20-8-12/h3-4,7-9,19H,5-6H2,1-2H3,(H,22,23). The number of hydrogen-bond donors (Lipinski definition) is 2. The quantitative estimate of drug-likeness (QED) is 0.781. The van der Waals surface area contributed by atoms with Crippen LogP contribution < -0.4 is 10.1 Å². The number of carboxylic acid groups (broad SMARTS) is 1. The molecular weight excluding hydrogens is 332 g/mol. The highest BCUT2D eigenvalue weighted by atomic mass is 35.5. The van der Waals surface area contributed by atoms with Crippen molar-refractivity contribution in [1.29, 1.82) is 0 Å². The van der Waals surface area contributed by atoms with Gasteiger partial charge in [0.05, 0.1) is 7.11 Å². The molecule has 1 aromatic heterocycles. The van der Waals surface area contributed by atoms with Crippen LogP contribution in [0.25, 0.3) is 11.1 Å². The van der Waals surface area contributed by atoms with Crippen LogP contribution in [-0.4, -0.2) is 36.1 Å². The number of amides is 1. The number of aldehydes is 1. The second-order valence-corrected chi connectivity index (χ2v) is 5.53. The lowest BCUT2D eigenvalue weighted by molar-refractivity contribution is 0.111. The lowest BCUT2D eigenvalue weighted by Crippen LogP contribution is -2.23. The van der Waals surface area contributed by atoms with E-state index >= 15 is 0 Å². The fourth-order valence-corrected chi connectivity index (χ4v) is 2.70. The zero-order valence-corrected chi connectivity index (χ0v) is 14.1. The Bertz CT molecular complexity index is 760. The van der Waals surface area contributed by atoms with Gasteiger partial charge < -0.3 is 15.2 Å². The molecule has 0 unspecified atom stereocenters. The summed E-state index contributed by atoms with van der Waals surface area (Å²) in [5.74, 6) is 0.616. The van der Waals surface area contributed by atoms with Gasteiger partial charge in [0.2, 0.25) is 0 Å². The molecule has 2 aromatic rings. The van der Waals surface area contributed by atoms with Gasteiger partial charge in [-0.2, -0.15) is 0 Å². The van der Waals surface area contributed by atoms with Crippen LogP contribution >= 0.6 is 11.6 Å². The Hall–Kier alpha value is -2.60. The molecule has 1 aromatic carbocycles. The van der Waals surface area contributed by atoms with E-state index in [-0.39, 0.29) is 6.54 Å². The highest BCUT2D eigenvalue weighted by molar-refractivity contribution is 6.32. The number of ether oxygens (including phenoxy) is 1. The van der Waals surface area contributed by atoms with E-state index in [9.17, 15) is 9.59 Å². The first-order valence-electron chi connectivity index (χ1n) is 7.22. The van der Waals surface area contributed by atoms with E-state index in [4.69, 9.17) is 21.4 Å². The van der Waals surface area contributed by atoms with Gasteiger partial charge in [-0.15, -0.1) is 0 Å². The summed E-state index contributed by atoms with van der Waals surface area (Å²) < 4.78 is 5.55. The number of nitrogens with one attached hydrogen (secondary N) is 1. The molecule has 7 heteroatoms. The van der Waals surface area contributed by atoms with Crippen LogP contribution in [0.4, 0.5) is 4.79 Å². The van der Waals surface area contributed by atoms with E-state index in [1.807, 2.05) is 6.92 Å². The third kappa shape index (κ3) is 3.83. The largest absolute Gasteiger partial charge is 0.496 e. The molecule has 126 valence electrons. The Morgan fingerprint density at radius 3 is 2.75 bits per heavy atom. The molecule has 0 saturated carbocycles. The van der Waals surface area contributed by atoms with Crippen LogP contribution in [0.2, 0.25) is 5.02 Å². The van der Waals surface area contributed by atoms with Crippen molar-refractivity contribution in [2.45, 2.75) is 13.3 Å². The van der Waals surface area contributed by atoms with Crippen LogP contribution in [0.3, 0.4) is 0 Å². The van der Waals surface area contributed by atoms with Crippen LogP contribution in [0, 0.1) is 6.92 Å². The van der Waals surface area contributed by atoms with Crippen LogP contribution in [-0.2, 0) is 6.42 Å². The number of benzene rings is 1. The molecule has 0 aliphatic heterocycles. The van der Waals surface area contributed by atoms with E-state index in [1.165, 1.54) is 0 Å². The summed E-state index contributed by atoms with van der Waals surface area (Å²) in [6, 6.07) is 5.17. The minimum absolute atomic E-state index is 0.243. The van der Waals surface area contributed by atoms with Crippen molar-refractivity contribution in [3.63, 3.8) is 0 Å². The first-order chi connectivity index (χ1) is 11.5. The van der Waals surface area contributed by atoms with Crippen molar-refractivity contribution in [2.75, 3.05) is 13.7 Å². The van der Waals surface area contributed by atoms with Crippen molar-refractivity contribution in [3.05, 3.63) is 46.2 Å². The summed E-state index contributed by atoms with van der Waals surface area (Å²) >= 11 is 6.33. The van der Waals surface area contributed by atoms with Gasteiger partial charge in [-0.3, -0.25) is 9.78 Å². The predicted molar refractivity (Wildman–Crippen MR) is 91.1 cm³/mol. The normalized spacial score (nSPS) is 10.3. The number of methoxy groups -OCH3 is 1. The van der Waals surface area contributed by atoms with E-state index < -0.39 is 6.09 Å². The summed E-state index contributed by atoms with van der Waals surface area (Å²) in [7, 11) is 1.55. The van der Waals surface area contributed by atoms with E-state index in [2.05, 4.69) is 10.3 Å². The highest BCUT2D eigenvalue weighted by Crippen LogP contribution is 2.39. The molecule has 0 aliphatic carbocycles. The Balaban J connectivity index is 2.49. The minimum atomic E-state index is -1.08. The molecule has 0 fully saturated rings. The molecule has 1 heterocycles. The minimum Gasteiger partial charge on any atom is -0.496 e. The average Bonchev–Trinajstić information content (AvgIpc) is 2.57. The molecule has 0 aliphatic rings. The Kier molecular flexibility index (Phi) is 5.76. The summed E-state index contributed by atoms with van der Waals surface area (Å²) in [4.78, 5) is 25.4. The molecule has 2 N–H and O–H groups in total. The first kappa shape index (κ1) is 17.7. The number of aromatic nitrogens is 1. The number of carbonyl (C=O) groups excluding carboxylic acids is 1. The highest BCUT2D eigenvalue weighted by Gasteiger charge is 2.17. The molecule has 1 amide bonds. The van der Waals surface area contributed by atoms with Gasteiger partial charge in [0.1, 0.15) is 11.4 Å². The van der Waals surface area contributed by atoms with Crippen molar-refractivity contribution in [2.24, 2.45) is 0 Å². The lowest BCUT2D eigenvalue weighted by Gasteiger charge is -2.18. The molecule has 0 radical (unpaired) electrons. The summed E-state index contributed by atoms with van der Waals surface area (Å²) in [6.45, 7) is 2.11. The van der Waals surface area contributed by atoms with Crippen LogP contribution in [0.5, 0.6) is 5.75 Å². The van der Waals surface area contributed by atoms with E-state index in [0.29, 0.717) is 29.2 Å². The maximum absolute atomic E-state index is 10.8. The maximum Gasteiger partial charge on any atom is 0.404 e. The van der Waals surface area contributed by atoms with Crippen molar-refractivity contribution < 1.29 is 19.4 Å². The van der Waals surface area contributed by atoms with Gasteiger partial charge in [0.15, 0.2) is 6.29 Å². The molecule has 0 bridgehead atoms. The second kappa shape index (κ2) is 7.79. The third-order valence-corrected chi connectivity index (χ3v) is 4.02. The van der Waals surface area contributed by atoms with Crippen molar-refractivity contribution >= 4 is 24.0 Å². The monoisotopic (exact) mass is 348 g/mol. The predicted octanol–water partition coefficient (Wildman–Crippen LogP) is 3.34. The molecule has 24 heavy (non-hydrogen) atoms. The molecule has 0 saturated heterocycles. The van der Waals surface area contributed by atoms with Crippen LogP contribution in [0.1, 0.15) is 21.6 Å². The molecule has 6 nitrogen and oxygen atoms in total. The Morgan fingerprint density at radius 1 is 1.46 bits per heavy atom. The molecule has 2 rings (SSSR count). The Labute approximate surface area is 144 Å². The summed E-state index contributed by atoms with van der Waals surface area (Å²) in [5.41, 5.74) is 3.49. The Morgan fingerprint density at radius 2 is 2.21 bits per heavy atom. The smallest absolute Gasteiger partial charge is 0.404 e. The van der Waals surface area contributed by atoms with E-state index in [1.54, 1.807) is 31.5 Å². The molecule has 0 atom stereocenters. The van der Waals surface area contributed by atoms with E-state index in [0.717, 1.165) is 22.3 Å².